The maximum absolute atomic E-state index is 13.5. The first kappa shape index (κ1) is 14.6. The second-order valence-electron chi connectivity index (χ2n) is 3.93. The normalized spacial score (nSPS) is 10.4. The summed E-state index contributed by atoms with van der Waals surface area (Å²) in [6.07, 6.45) is 1.94. The van der Waals surface area contributed by atoms with Gasteiger partial charge in [0.05, 0.1) is 18.0 Å². The van der Waals surface area contributed by atoms with E-state index in [1.54, 1.807) is 13.2 Å². The van der Waals surface area contributed by atoms with Crippen LogP contribution in [0.2, 0.25) is 0 Å². The standard InChI is InChI=1S/C13H21FN2O2/c1-3-18-13-9-12(11(15)8-10(13)14)16-6-4-5-7-17-2/h8-9,16H,3-7,15H2,1-2H3. The van der Waals surface area contributed by atoms with Crippen molar-refractivity contribution in [3.63, 3.8) is 0 Å². The molecule has 0 bridgehead atoms. The van der Waals surface area contributed by atoms with Gasteiger partial charge in [0.25, 0.3) is 0 Å². The smallest absolute Gasteiger partial charge is 0.167 e. The number of hydrogen-bond acceptors (Lipinski definition) is 4. The van der Waals surface area contributed by atoms with Crippen molar-refractivity contribution in [2.24, 2.45) is 0 Å². The topological polar surface area (TPSA) is 56.5 Å². The van der Waals surface area contributed by atoms with E-state index in [1.807, 2.05) is 6.92 Å². The van der Waals surface area contributed by atoms with Crippen molar-refractivity contribution < 1.29 is 13.9 Å². The Kier molecular flexibility index (Phi) is 6.28. The van der Waals surface area contributed by atoms with Crippen LogP contribution in [0.1, 0.15) is 19.8 Å². The molecule has 0 atom stereocenters. The molecule has 1 aromatic rings. The number of nitrogen functional groups attached to an aromatic ring is 1. The monoisotopic (exact) mass is 256 g/mol. The van der Waals surface area contributed by atoms with E-state index in [-0.39, 0.29) is 5.75 Å². The Morgan fingerprint density at radius 3 is 2.78 bits per heavy atom. The summed E-state index contributed by atoms with van der Waals surface area (Å²) in [5.41, 5.74) is 6.84. The lowest BCUT2D eigenvalue weighted by Crippen LogP contribution is -2.06. The van der Waals surface area contributed by atoms with Gasteiger partial charge in [0.15, 0.2) is 11.6 Å². The molecule has 0 unspecified atom stereocenters. The minimum atomic E-state index is -0.431. The minimum absolute atomic E-state index is 0.228. The maximum Gasteiger partial charge on any atom is 0.167 e. The summed E-state index contributed by atoms with van der Waals surface area (Å²) >= 11 is 0. The Balaban J connectivity index is 2.56. The number of methoxy groups -OCH3 is 1. The molecule has 0 saturated heterocycles. The Morgan fingerprint density at radius 2 is 2.11 bits per heavy atom. The summed E-state index contributed by atoms with van der Waals surface area (Å²) in [6.45, 7) is 3.75. The lowest BCUT2D eigenvalue weighted by molar-refractivity contribution is 0.194. The highest BCUT2D eigenvalue weighted by atomic mass is 19.1. The molecule has 0 heterocycles. The first-order valence-corrected chi connectivity index (χ1v) is 6.13. The first-order valence-electron chi connectivity index (χ1n) is 6.13. The van der Waals surface area contributed by atoms with Crippen LogP contribution in [0, 0.1) is 5.82 Å². The zero-order valence-corrected chi connectivity index (χ0v) is 11.0. The third-order valence-corrected chi connectivity index (χ3v) is 2.49. The van der Waals surface area contributed by atoms with Gasteiger partial charge in [-0.05, 0) is 19.8 Å². The van der Waals surface area contributed by atoms with Gasteiger partial charge in [-0.2, -0.15) is 0 Å². The summed E-state index contributed by atoms with van der Waals surface area (Å²) in [7, 11) is 1.68. The van der Waals surface area contributed by atoms with Crippen LogP contribution in [0.5, 0.6) is 5.75 Å². The number of ether oxygens (including phenoxy) is 2. The van der Waals surface area contributed by atoms with Gasteiger partial charge in [0.1, 0.15) is 0 Å². The number of hydrogen-bond donors (Lipinski definition) is 2. The van der Waals surface area contributed by atoms with E-state index in [4.69, 9.17) is 15.2 Å². The van der Waals surface area contributed by atoms with Gasteiger partial charge in [-0.15, -0.1) is 0 Å². The zero-order valence-electron chi connectivity index (χ0n) is 11.0. The second kappa shape index (κ2) is 7.76. The van der Waals surface area contributed by atoms with Gasteiger partial charge in [0, 0.05) is 32.4 Å². The highest BCUT2D eigenvalue weighted by Gasteiger charge is 2.08. The Morgan fingerprint density at radius 1 is 1.33 bits per heavy atom. The molecule has 0 aliphatic carbocycles. The number of nitrogens with two attached hydrogens (primary N) is 1. The van der Waals surface area contributed by atoms with Crippen molar-refractivity contribution in [3.8, 4) is 5.75 Å². The molecule has 4 nitrogen and oxygen atoms in total. The van der Waals surface area contributed by atoms with E-state index in [0.29, 0.717) is 18.0 Å². The summed E-state index contributed by atoms with van der Waals surface area (Å²) < 4.78 is 23.6. The summed E-state index contributed by atoms with van der Waals surface area (Å²) in [4.78, 5) is 0. The highest BCUT2D eigenvalue weighted by Crippen LogP contribution is 2.28. The van der Waals surface area contributed by atoms with Gasteiger partial charge in [0.2, 0.25) is 0 Å². The lowest BCUT2D eigenvalue weighted by Gasteiger charge is -2.12. The molecule has 0 saturated carbocycles. The van der Waals surface area contributed by atoms with Crippen LogP contribution >= 0.6 is 0 Å². The molecule has 0 spiro atoms. The molecular weight excluding hydrogens is 235 g/mol. The molecule has 5 heteroatoms. The van der Waals surface area contributed by atoms with Crippen molar-refractivity contribution >= 4 is 11.4 Å². The highest BCUT2D eigenvalue weighted by molar-refractivity contribution is 5.68. The van der Waals surface area contributed by atoms with Crippen molar-refractivity contribution in [2.75, 3.05) is 37.9 Å². The van der Waals surface area contributed by atoms with Gasteiger partial charge < -0.3 is 20.5 Å². The third-order valence-electron chi connectivity index (χ3n) is 2.49. The molecule has 0 fully saturated rings. The van der Waals surface area contributed by atoms with Crippen molar-refractivity contribution in [3.05, 3.63) is 17.9 Å². The van der Waals surface area contributed by atoms with Gasteiger partial charge in [-0.3, -0.25) is 0 Å². The average molecular weight is 256 g/mol. The van der Waals surface area contributed by atoms with E-state index in [2.05, 4.69) is 5.32 Å². The van der Waals surface area contributed by atoms with Crippen molar-refractivity contribution in [1.82, 2.24) is 0 Å². The molecular formula is C13H21FN2O2. The first-order chi connectivity index (χ1) is 8.69. The number of halogens is 1. The van der Waals surface area contributed by atoms with Gasteiger partial charge in [-0.1, -0.05) is 0 Å². The van der Waals surface area contributed by atoms with E-state index in [9.17, 15) is 4.39 Å². The largest absolute Gasteiger partial charge is 0.491 e. The van der Waals surface area contributed by atoms with Crippen LogP contribution in [-0.4, -0.2) is 26.9 Å². The van der Waals surface area contributed by atoms with Crippen LogP contribution in [0.25, 0.3) is 0 Å². The number of unbranched alkanes of at least 4 members (excludes halogenated alkanes) is 1. The fraction of sp³-hybridized carbons (Fsp3) is 0.538. The molecule has 0 aliphatic rings. The van der Waals surface area contributed by atoms with Crippen LogP contribution in [0.15, 0.2) is 12.1 Å². The second-order valence-corrected chi connectivity index (χ2v) is 3.93. The van der Waals surface area contributed by atoms with Crippen molar-refractivity contribution in [1.29, 1.82) is 0 Å². The maximum atomic E-state index is 13.5. The molecule has 102 valence electrons. The summed E-state index contributed by atoms with van der Waals surface area (Å²) in [5.74, 6) is -0.203. The average Bonchev–Trinajstić information content (AvgIpc) is 2.34. The Labute approximate surface area is 107 Å². The number of nitrogens with one attached hydrogen (secondary N) is 1. The zero-order chi connectivity index (χ0) is 13.4. The van der Waals surface area contributed by atoms with Crippen LogP contribution in [0.4, 0.5) is 15.8 Å². The molecule has 0 aromatic heterocycles. The van der Waals surface area contributed by atoms with E-state index in [0.717, 1.165) is 26.0 Å². The van der Waals surface area contributed by atoms with Crippen LogP contribution < -0.4 is 15.8 Å². The predicted octanol–water partition coefficient (Wildman–Crippen LogP) is 2.65. The quantitative estimate of drug-likeness (QED) is 0.554. The molecule has 3 N–H and O–H groups in total. The number of benzene rings is 1. The van der Waals surface area contributed by atoms with Crippen LogP contribution in [0.3, 0.4) is 0 Å². The Bertz CT molecular complexity index is 372. The van der Waals surface area contributed by atoms with Gasteiger partial charge in [-0.25, -0.2) is 4.39 Å². The fourth-order valence-electron chi connectivity index (χ4n) is 1.58. The molecule has 18 heavy (non-hydrogen) atoms. The molecule has 1 rings (SSSR count). The number of rotatable bonds is 8. The van der Waals surface area contributed by atoms with Gasteiger partial charge >= 0.3 is 0 Å². The molecule has 0 amide bonds. The van der Waals surface area contributed by atoms with E-state index >= 15 is 0 Å². The predicted molar refractivity (Wildman–Crippen MR) is 71.6 cm³/mol. The minimum Gasteiger partial charge on any atom is -0.491 e. The van der Waals surface area contributed by atoms with Crippen molar-refractivity contribution in [2.45, 2.75) is 19.8 Å². The SMILES string of the molecule is CCOc1cc(NCCCCOC)c(N)cc1F. The third kappa shape index (κ3) is 4.41. The number of anilines is 2. The summed E-state index contributed by atoms with van der Waals surface area (Å²) in [5, 5.41) is 3.17. The van der Waals surface area contributed by atoms with E-state index < -0.39 is 5.82 Å². The van der Waals surface area contributed by atoms with E-state index in [1.165, 1.54) is 6.07 Å². The molecule has 0 radical (unpaired) electrons. The van der Waals surface area contributed by atoms with Crippen LogP contribution in [-0.2, 0) is 4.74 Å². The summed E-state index contributed by atoms with van der Waals surface area (Å²) in [6, 6.07) is 2.88. The Hall–Kier alpha value is -1.49. The molecule has 0 aliphatic heterocycles. The molecule has 1 aromatic carbocycles. The fourth-order valence-corrected chi connectivity index (χ4v) is 1.58. The lowest BCUT2D eigenvalue weighted by atomic mass is 10.2.